The Morgan fingerprint density at radius 1 is 1.47 bits per heavy atom. The lowest BCUT2D eigenvalue weighted by Gasteiger charge is -1.98. The van der Waals surface area contributed by atoms with Crippen molar-refractivity contribution < 1.29 is 9.90 Å². The van der Waals surface area contributed by atoms with Gasteiger partial charge in [-0.2, -0.15) is 4.68 Å². The van der Waals surface area contributed by atoms with Crippen LogP contribution in [0, 0.1) is 0 Å². The fourth-order valence-electron chi connectivity index (χ4n) is 1.40. The molecule has 0 aliphatic carbocycles. The molecule has 0 saturated heterocycles. The third-order valence-electron chi connectivity index (χ3n) is 2.22. The summed E-state index contributed by atoms with van der Waals surface area (Å²) < 4.78 is 1.96. The SMILES string of the molecule is Cn1c(C(=O)O)nn(-c2cccc(Cl)c2)c1=O. The van der Waals surface area contributed by atoms with Crippen LogP contribution in [0.2, 0.25) is 5.02 Å². The lowest BCUT2D eigenvalue weighted by atomic mass is 10.3. The topological polar surface area (TPSA) is 77.1 Å². The number of carbonyl (C=O) groups is 1. The first-order chi connectivity index (χ1) is 8.00. The fourth-order valence-corrected chi connectivity index (χ4v) is 1.58. The van der Waals surface area contributed by atoms with E-state index in [1.807, 2.05) is 0 Å². The Labute approximate surface area is 101 Å². The van der Waals surface area contributed by atoms with Crippen LogP contribution in [0.3, 0.4) is 0 Å². The van der Waals surface area contributed by atoms with E-state index in [4.69, 9.17) is 16.7 Å². The molecule has 0 spiro atoms. The van der Waals surface area contributed by atoms with Gasteiger partial charge in [-0.3, -0.25) is 4.57 Å². The molecule has 1 aromatic carbocycles. The number of carboxylic acids is 1. The van der Waals surface area contributed by atoms with Crippen molar-refractivity contribution in [1.82, 2.24) is 14.3 Å². The van der Waals surface area contributed by atoms with Crippen molar-refractivity contribution in [3.63, 3.8) is 0 Å². The first kappa shape index (κ1) is 11.4. The van der Waals surface area contributed by atoms with Gasteiger partial charge in [0.05, 0.1) is 5.69 Å². The maximum Gasteiger partial charge on any atom is 0.374 e. The van der Waals surface area contributed by atoms with Crippen molar-refractivity contribution in [2.45, 2.75) is 0 Å². The Morgan fingerprint density at radius 2 is 2.18 bits per heavy atom. The summed E-state index contributed by atoms with van der Waals surface area (Å²) in [4.78, 5) is 22.6. The number of benzene rings is 1. The minimum Gasteiger partial charge on any atom is -0.475 e. The maximum atomic E-state index is 11.8. The lowest BCUT2D eigenvalue weighted by molar-refractivity contribution is 0.0678. The van der Waals surface area contributed by atoms with E-state index in [0.717, 1.165) is 9.25 Å². The lowest BCUT2D eigenvalue weighted by Crippen LogP contribution is -2.22. The van der Waals surface area contributed by atoms with E-state index < -0.39 is 11.7 Å². The molecular weight excluding hydrogens is 246 g/mol. The van der Waals surface area contributed by atoms with Crippen molar-refractivity contribution in [2.24, 2.45) is 7.05 Å². The number of carboxylic acid groups (broad SMARTS) is 1. The van der Waals surface area contributed by atoms with Gasteiger partial charge in [0.2, 0.25) is 5.82 Å². The summed E-state index contributed by atoms with van der Waals surface area (Å²) in [7, 11) is 1.35. The van der Waals surface area contributed by atoms with Gasteiger partial charge in [-0.05, 0) is 18.2 Å². The van der Waals surface area contributed by atoms with Crippen LogP contribution < -0.4 is 5.69 Å². The van der Waals surface area contributed by atoms with Gasteiger partial charge in [-0.15, -0.1) is 5.10 Å². The molecule has 2 rings (SSSR count). The smallest absolute Gasteiger partial charge is 0.374 e. The van der Waals surface area contributed by atoms with Crippen molar-refractivity contribution in [2.75, 3.05) is 0 Å². The molecular formula is C10H8ClN3O3. The number of hydrogen-bond donors (Lipinski definition) is 1. The van der Waals surface area contributed by atoms with Gasteiger partial charge in [-0.1, -0.05) is 17.7 Å². The first-order valence-corrected chi connectivity index (χ1v) is 5.04. The summed E-state index contributed by atoms with van der Waals surface area (Å²) in [5.74, 6) is -1.58. The third kappa shape index (κ3) is 1.94. The van der Waals surface area contributed by atoms with E-state index in [0.29, 0.717) is 10.7 Å². The maximum absolute atomic E-state index is 11.8. The highest BCUT2D eigenvalue weighted by atomic mass is 35.5. The molecule has 0 unspecified atom stereocenters. The number of rotatable bonds is 2. The van der Waals surface area contributed by atoms with Crippen molar-refractivity contribution in [1.29, 1.82) is 0 Å². The van der Waals surface area contributed by atoms with E-state index in [1.165, 1.54) is 13.1 Å². The van der Waals surface area contributed by atoms with Crippen LogP contribution in [0.4, 0.5) is 0 Å². The molecule has 0 fully saturated rings. The molecule has 0 amide bonds. The molecule has 0 aliphatic rings. The van der Waals surface area contributed by atoms with Crippen molar-refractivity contribution in [3.05, 3.63) is 45.6 Å². The molecule has 0 saturated carbocycles. The van der Waals surface area contributed by atoms with Gasteiger partial charge in [0.25, 0.3) is 0 Å². The quantitative estimate of drug-likeness (QED) is 0.863. The Morgan fingerprint density at radius 3 is 2.71 bits per heavy atom. The Bertz CT molecular complexity index is 644. The number of nitrogens with zero attached hydrogens (tertiary/aromatic N) is 3. The largest absolute Gasteiger partial charge is 0.475 e. The fraction of sp³-hybridized carbons (Fsp3) is 0.100. The van der Waals surface area contributed by atoms with Gasteiger partial charge in [-0.25, -0.2) is 9.59 Å². The van der Waals surface area contributed by atoms with Crippen molar-refractivity contribution >= 4 is 17.6 Å². The zero-order valence-corrected chi connectivity index (χ0v) is 9.55. The van der Waals surface area contributed by atoms with Crippen LogP contribution >= 0.6 is 11.6 Å². The average molecular weight is 254 g/mol. The summed E-state index contributed by atoms with van der Waals surface area (Å²) in [6.45, 7) is 0. The number of aromatic nitrogens is 3. The molecule has 1 heterocycles. The second kappa shape index (κ2) is 4.06. The zero-order chi connectivity index (χ0) is 12.6. The third-order valence-corrected chi connectivity index (χ3v) is 2.46. The zero-order valence-electron chi connectivity index (χ0n) is 8.79. The minimum atomic E-state index is -1.26. The molecule has 0 atom stereocenters. The van der Waals surface area contributed by atoms with Crippen LogP contribution in [0.5, 0.6) is 0 Å². The molecule has 2 aromatic rings. The second-order valence-corrected chi connectivity index (χ2v) is 3.80. The predicted octanol–water partition coefficient (Wildman–Crippen LogP) is 0.923. The van der Waals surface area contributed by atoms with Gasteiger partial charge in [0.1, 0.15) is 0 Å². The standard InChI is InChI=1S/C10H8ClN3O3/c1-13-8(9(15)16)12-14(10(13)17)7-4-2-3-6(11)5-7/h2-5H,1H3,(H,15,16). The molecule has 17 heavy (non-hydrogen) atoms. The molecule has 88 valence electrons. The monoisotopic (exact) mass is 253 g/mol. The molecule has 0 aliphatic heterocycles. The predicted molar refractivity (Wildman–Crippen MR) is 60.8 cm³/mol. The van der Waals surface area contributed by atoms with Gasteiger partial charge >= 0.3 is 11.7 Å². The Balaban J connectivity index is 2.65. The van der Waals surface area contributed by atoms with E-state index in [2.05, 4.69) is 5.10 Å². The Kier molecular flexibility index (Phi) is 2.72. The highest BCUT2D eigenvalue weighted by Gasteiger charge is 2.17. The molecule has 0 radical (unpaired) electrons. The normalized spacial score (nSPS) is 10.5. The number of halogens is 1. The van der Waals surface area contributed by atoms with Crippen LogP contribution in [-0.4, -0.2) is 25.4 Å². The van der Waals surface area contributed by atoms with E-state index in [1.54, 1.807) is 18.2 Å². The van der Waals surface area contributed by atoms with Gasteiger partial charge < -0.3 is 5.11 Å². The summed E-state index contributed by atoms with van der Waals surface area (Å²) in [6.07, 6.45) is 0. The van der Waals surface area contributed by atoms with Crippen molar-refractivity contribution in [3.8, 4) is 5.69 Å². The van der Waals surface area contributed by atoms with Crippen LogP contribution in [-0.2, 0) is 7.05 Å². The van der Waals surface area contributed by atoms with Crippen LogP contribution in [0.25, 0.3) is 5.69 Å². The highest BCUT2D eigenvalue weighted by molar-refractivity contribution is 6.30. The first-order valence-electron chi connectivity index (χ1n) is 4.66. The molecule has 0 bridgehead atoms. The molecule has 6 nitrogen and oxygen atoms in total. The molecule has 1 N–H and O–H groups in total. The number of aromatic carboxylic acids is 1. The summed E-state index contributed by atoms with van der Waals surface area (Å²) >= 11 is 5.79. The summed E-state index contributed by atoms with van der Waals surface area (Å²) in [5.41, 5.74) is -0.115. The minimum absolute atomic E-state index is 0.324. The van der Waals surface area contributed by atoms with Crippen LogP contribution in [0.15, 0.2) is 29.1 Å². The summed E-state index contributed by atoms with van der Waals surface area (Å²) in [6, 6.07) is 6.45. The average Bonchev–Trinajstić information content (AvgIpc) is 2.56. The highest BCUT2D eigenvalue weighted by Crippen LogP contribution is 2.12. The molecule has 7 heteroatoms. The van der Waals surface area contributed by atoms with Gasteiger partial charge in [0, 0.05) is 12.1 Å². The van der Waals surface area contributed by atoms with E-state index >= 15 is 0 Å². The van der Waals surface area contributed by atoms with E-state index in [9.17, 15) is 9.59 Å². The molecule has 1 aromatic heterocycles. The Hall–Kier alpha value is -2.08. The van der Waals surface area contributed by atoms with E-state index in [-0.39, 0.29) is 5.82 Å². The van der Waals surface area contributed by atoms with Crippen LogP contribution in [0.1, 0.15) is 10.6 Å². The summed E-state index contributed by atoms with van der Waals surface area (Å²) in [5, 5.41) is 13.0. The number of hydrogen-bond acceptors (Lipinski definition) is 3. The van der Waals surface area contributed by atoms with Gasteiger partial charge in [0.15, 0.2) is 0 Å². The second-order valence-electron chi connectivity index (χ2n) is 3.36.